The number of hydrogen-bond donors (Lipinski definition) is 2. The second-order valence-electron chi connectivity index (χ2n) is 3.43. The van der Waals surface area contributed by atoms with Crippen molar-refractivity contribution >= 4 is 27.0 Å². The van der Waals surface area contributed by atoms with Crippen molar-refractivity contribution in [2.75, 3.05) is 6.54 Å². The zero-order chi connectivity index (χ0) is 13.2. The van der Waals surface area contributed by atoms with E-state index in [9.17, 15) is 13.2 Å². The Kier molecular flexibility index (Phi) is 3.26. The lowest BCUT2D eigenvalue weighted by Gasteiger charge is -2.04. The van der Waals surface area contributed by atoms with Crippen LogP contribution < -0.4 is 4.72 Å². The van der Waals surface area contributed by atoms with Gasteiger partial charge in [-0.25, -0.2) is 17.8 Å². The van der Waals surface area contributed by atoms with E-state index >= 15 is 0 Å². The molecule has 0 atom stereocenters. The number of carbonyl (C=O) groups is 1. The summed E-state index contributed by atoms with van der Waals surface area (Å²) >= 11 is 0. The van der Waals surface area contributed by atoms with Crippen molar-refractivity contribution in [3.63, 3.8) is 0 Å². The van der Waals surface area contributed by atoms with Crippen LogP contribution in [-0.2, 0) is 14.8 Å². The summed E-state index contributed by atoms with van der Waals surface area (Å²) in [5.74, 6) is -1.08. The lowest BCUT2D eigenvalue weighted by atomic mass is 10.3. The molecule has 0 radical (unpaired) electrons. The summed E-state index contributed by atoms with van der Waals surface area (Å²) in [6.45, 7) is -0.195. The molecule has 8 nitrogen and oxygen atoms in total. The van der Waals surface area contributed by atoms with E-state index in [1.165, 1.54) is 12.1 Å². The fourth-order valence-electron chi connectivity index (χ4n) is 1.37. The standard InChI is InChI=1S/C9H9N3O5S/c13-8(14)4-5-10-18(15,16)7-3-1-2-6-9(7)12-17-11-6/h1-3,10H,4-5H2,(H,13,14). The number of nitrogens with one attached hydrogen (secondary N) is 1. The molecule has 0 spiro atoms. The first-order chi connectivity index (χ1) is 8.50. The van der Waals surface area contributed by atoms with Crippen LogP contribution in [0, 0.1) is 0 Å². The van der Waals surface area contributed by atoms with E-state index < -0.39 is 16.0 Å². The van der Waals surface area contributed by atoms with E-state index in [-0.39, 0.29) is 23.4 Å². The summed E-state index contributed by atoms with van der Waals surface area (Å²) in [7, 11) is -3.83. The molecule has 1 aromatic heterocycles. The molecule has 0 saturated carbocycles. The third-order valence-corrected chi connectivity index (χ3v) is 3.66. The van der Waals surface area contributed by atoms with Crippen LogP contribution in [0.25, 0.3) is 11.0 Å². The van der Waals surface area contributed by atoms with Crippen LogP contribution >= 0.6 is 0 Å². The number of carboxylic acids is 1. The number of sulfonamides is 1. The molecule has 0 aliphatic carbocycles. The van der Waals surface area contributed by atoms with Crippen molar-refractivity contribution in [2.45, 2.75) is 11.3 Å². The molecule has 0 amide bonds. The molecule has 1 aromatic carbocycles. The number of fused-ring (bicyclic) bond motifs is 1. The fraction of sp³-hybridized carbons (Fsp3) is 0.222. The van der Waals surface area contributed by atoms with Crippen molar-refractivity contribution in [3.8, 4) is 0 Å². The lowest BCUT2D eigenvalue weighted by Crippen LogP contribution is -2.26. The van der Waals surface area contributed by atoms with Gasteiger partial charge in [-0.05, 0) is 22.4 Å². The maximum absolute atomic E-state index is 11.9. The summed E-state index contributed by atoms with van der Waals surface area (Å²) in [5, 5.41) is 15.5. The number of aliphatic carboxylic acids is 1. The Morgan fingerprint density at radius 3 is 2.89 bits per heavy atom. The van der Waals surface area contributed by atoms with E-state index in [1.54, 1.807) is 6.07 Å². The normalized spacial score (nSPS) is 11.8. The molecule has 0 saturated heterocycles. The maximum atomic E-state index is 11.9. The van der Waals surface area contributed by atoms with Gasteiger partial charge in [-0.3, -0.25) is 4.79 Å². The minimum absolute atomic E-state index is 0.0911. The molecule has 96 valence electrons. The van der Waals surface area contributed by atoms with Gasteiger partial charge in [0, 0.05) is 6.54 Å². The van der Waals surface area contributed by atoms with Gasteiger partial charge in [0.05, 0.1) is 6.42 Å². The maximum Gasteiger partial charge on any atom is 0.304 e. The number of benzene rings is 1. The molecule has 0 aliphatic heterocycles. The van der Waals surface area contributed by atoms with Gasteiger partial charge in [0.1, 0.15) is 10.4 Å². The van der Waals surface area contributed by atoms with Crippen LogP contribution in [-0.4, -0.2) is 36.4 Å². The fourth-order valence-corrected chi connectivity index (χ4v) is 2.55. The molecule has 0 fully saturated rings. The Bertz CT molecular complexity index is 678. The number of aromatic nitrogens is 2. The van der Waals surface area contributed by atoms with Crippen LogP contribution in [0.3, 0.4) is 0 Å². The van der Waals surface area contributed by atoms with Crippen molar-refractivity contribution in [3.05, 3.63) is 18.2 Å². The molecule has 9 heteroatoms. The lowest BCUT2D eigenvalue weighted by molar-refractivity contribution is -0.136. The average molecular weight is 271 g/mol. The summed E-state index contributed by atoms with van der Waals surface area (Å²) in [6.07, 6.45) is -0.299. The number of hydrogen-bond acceptors (Lipinski definition) is 6. The average Bonchev–Trinajstić information content (AvgIpc) is 2.75. The molecule has 2 N–H and O–H groups in total. The highest BCUT2D eigenvalue weighted by molar-refractivity contribution is 7.89. The van der Waals surface area contributed by atoms with Gasteiger partial charge in [-0.2, -0.15) is 0 Å². The van der Waals surface area contributed by atoms with Gasteiger partial charge in [-0.15, -0.1) is 0 Å². The molecule has 18 heavy (non-hydrogen) atoms. The highest BCUT2D eigenvalue weighted by Gasteiger charge is 2.19. The predicted molar refractivity (Wildman–Crippen MR) is 59.2 cm³/mol. The molecule has 2 aromatic rings. The zero-order valence-corrected chi connectivity index (χ0v) is 9.85. The highest BCUT2D eigenvalue weighted by Crippen LogP contribution is 2.19. The highest BCUT2D eigenvalue weighted by atomic mass is 32.2. The third-order valence-electron chi connectivity index (χ3n) is 2.17. The number of rotatable bonds is 5. The summed E-state index contributed by atoms with van der Waals surface area (Å²) in [6, 6.07) is 4.40. The molecule has 1 heterocycles. The summed E-state index contributed by atoms with van der Waals surface area (Å²) in [4.78, 5) is 10.2. The largest absolute Gasteiger partial charge is 0.481 e. The van der Waals surface area contributed by atoms with E-state index in [0.717, 1.165) is 0 Å². The van der Waals surface area contributed by atoms with E-state index in [4.69, 9.17) is 5.11 Å². The molecular formula is C9H9N3O5S. The van der Waals surface area contributed by atoms with Gasteiger partial charge in [-0.1, -0.05) is 6.07 Å². The second kappa shape index (κ2) is 4.70. The predicted octanol–water partition coefficient (Wildman–Crippen LogP) is -0.0242. The van der Waals surface area contributed by atoms with Crippen LogP contribution in [0.15, 0.2) is 27.7 Å². The minimum atomic E-state index is -3.83. The van der Waals surface area contributed by atoms with Crippen molar-refractivity contribution in [2.24, 2.45) is 0 Å². The summed E-state index contributed by atoms with van der Waals surface area (Å²) < 4.78 is 30.5. The molecular weight excluding hydrogens is 262 g/mol. The molecule has 0 unspecified atom stereocenters. The van der Waals surface area contributed by atoms with Crippen LogP contribution in [0.1, 0.15) is 6.42 Å². The third kappa shape index (κ3) is 2.46. The Morgan fingerprint density at radius 1 is 1.39 bits per heavy atom. The van der Waals surface area contributed by atoms with Gasteiger partial charge in [0.15, 0.2) is 5.52 Å². The van der Waals surface area contributed by atoms with Crippen molar-refractivity contribution in [1.82, 2.24) is 15.0 Å². The van der Waals surface area contributed by atoms with Crippen LogP contribution in [0.2, 0.25) is 0 Å². The van der Waals surface area contributed by atoms with Crippen molar-refractivity contribution in [1.29, 1.82) is 0 Å². The monoisotopic (exact) mass is 271 g/mol. The second-order valence-corrected chi connectivity index (χ2v) is 5.16. The van der Waals surface area contributed by atoms with Crippen LogP contribution in [0.5, 0.6) is 0 Å². The van der Waals surface area contributed by atoms with Gasteiger partial charge in [0.2, 0.25) is 10.0 Å². The smallest absolute Gasteiger partial charge is 0.304 e. The molecule has 0 bridgehead atoms. The van der Waals surface area contributed by atoms with Gasteiger partial charge in [0.25, 0.3) is 0 Å². The van der Waals surface area contributed by atoms with E-state index in [0.29, 0.717) is 5.52 Å². The van der Waals surface area contributed by atoms with Crippen LogP contribution in [0.4, 0.5) is 0 Å². The first-order valence-electron chi connectivity index (χ1n) is 4.93. The first kappa shape index (κ1) is 12.5. The Morgan fingerprint density at radius 2 is 2.17 bits per heavy atom. The number of nitrogens with zero attached hydrogens (tertiary/aromatic N) is 2. The quantitative estimate of drug-likeness (QED) is 0.783. The molecule has 2 rings (SSSR count). The Balaban J connectivity index is 2.29. The minimum Gasteiger partial charge on any atom is -0.481 e. The summed E-state index contributed by atoms with van der Waals surface area (Å²) in [5.41, 5.74) is 0.427. The first-order valence-corrected chi connectivity index (χ1v) is 6.42. The Hall–Kier alpha value is -2.00. The SMILES string of the molecule is O=C(O)CCNS(=O)(=O)c1cccc2nonc12. The van der Waals surface area contributed by atoms with E-state index in [2.05, 4.69) is 19.7 Å². The number of carboxylic acid groups (broad SMARTS) is 1. The molecule has 0 aliphatic rings. The van der Waals surface area contributed by atoms with E-state index in [1.807, 2.05) is 0 Å². The van der Waals surface area contributed by atoms with Gasteiger partial charge >= 0.3 is 5.97 Å². The zero-order valence-electron chi connectivity index (χ0n) is 9.03. The Labute approximate surface area is 102 Å². The topological polar surface area (TPSA) is 122 Å². The van der Waals surface area contributed by atoms with Gasteiger partial charge < -0.3 is 5.11 Å². The van der Waals surface area contributed by atoms with Crippen molar-refractivity contribution < 1.29 is 22.9 Å².